The van der Waals surface area contributed by atoms with Crippen molar-refractivity contribution in [1.29, 1.82) is 0 Å². The molecule has 0 N–H and O–H groups in total. The highest BCUT2D eigenvalue weighted by atomic mass is 16.2. The number of amides is 2. The minimum absolute atomic E-state index is 0.0846. The molecule has 2 amide bonds. The van der Waals surface area contributed by atoms with Crippen LogP contribution in [0.4, 0.5) is 5.69 Å². The maximum atomic E-state index is 12.9. The second-order valence-corrected chi connectivity index (χ2v) is 7.90. The number of benzene rings is 1. The summed E-state index contributed by atoms with van der Waals surface area (Å²) in [7, 11) is 0. The molecule has 0 unspecified atom stereocenters. The van der Waals surface area contributed by atoms with Crippen LogP contribution < -0.4 is 4.90 Å². The molecule has 5 nitrogen and oxygen atoms in total. The van der Waals surface area contributed by atoms with Gasteiger partial charge in [-0.05, 0) is 30.9 Å². The molecule has 0 radical (unpaired) electrons. The summed E-state index contributed by atoms with van der Waals surface area (Å²) in [6, 6.07) is 10.4. The van der Waals surface area contributed by atoms with Gasteiger partial charge in [-0.3, -0.25) is 9.59 Å². The van der Waals surface area contributed by atoms with Crippen molar-refractivity contribution in [1.82, 2.24) is 9.80 Å². The molecule has 2 fully saturated rings. The Morgan fingerprint density at radius 2 is 1.54 bits per heavy atom. The second-order valence-electron chi connectivity index (χ2n) is 7.90. The summed E-state index contributed by atoms with van der Waals surface area (Å²) in [6.07, 6.45) is 2.23. The van der Waals surface area contributed by atoms with Crippen LogP contribution in [-0.4, -0.2) is 60.9 Å². The summed E-state index contributed by atoms with van der Waals surface area (Å²) in [5.74, 6) is 1.00. The van der Waals surface area contributed by atoms with Crippen LogP contribution in [0.5, 0.6) is 0 Å². The third kappa shape index (κ3) is 4.57. The van der Waals surface area contributed by atoms with Gasteiger partial charge in [-0.1, -0.05) is 32.0 Å². The smallest absolute Gasteiger partial charge is 0.225 e. The summed E-state index contributed by atoms with van der Waals surface area (Å²) in [6.45, 7) is 8.97. The van der Waals surface area contributed by atoms with E-state index in [0.29, 0.717) is 12.3 Å². The summed E-state index contributed by atoms with van der Waals surface area (Å²) in [4.78, 5) is 31.3. The molecule has 1 aromatic carbocycles. The van der Waals surface area contributed by atoms with Crippen LogP contribution in [0.15, 0.2) is 30.3 Å². The number of likely N-dealkylation sites (tertiary alicyclic amines) is 1. The third-order valence-electron chi connectivity index (χ3n) is 5.49. The summed E-state index contributed by atoms with van der Waals surface area (Å²) in [5.41, 5.74) is 1.23. The van der Waals surface area contributed by atoms with E-state index in [4.69, 9.17) is 0 Å². The number of carbonyl (C=O) groups excluding carboxylic acids is 2. The van der Waals surface area contributed by atoms with Crippen LogP contribution in [0.25, 0.3) is 0 Å². The minimum atomic E-state index is 0.0846. The Morgan fingerprint density at radius 3 is 2.12 bits per heavy atom. The average molecular weight is 357 g/mol. The van der Waals surface area contributed by atoms with Gasteiger partial charge in [-0.15, -0.1) is 0 Å². The number of piperidine rings is 1. The fourth-order valence-corrected chi connectivity index (χ4v) is 3.94. The minimum Gasteiger partial charge on any atom is -0.368 e. The number of anilines is 1. The first-order valence-electron chi connectivity index (χ1n) is 9.91. The lowest BCUT2D eigenvalue weighted by Gasteiger charge is -2.39. The van der Waals surface area contributed by atoms with Crippen molar-refractivity contribution >= 4 is 17.5 Å². The number of hydrogen-bond acceptors (Lipinski definition) is 3. The lowest BCUT2D eigenvalue weighted by Crippen LogP contribution is -2.52. The van der Waals surface area contributed by atoms with Crippen molar-refractivity contribution in [3.05, 3.63) is 30.3 Å². The van der Waals surface area contributed by atoms with Crippen molar-refractivity contribution in [3.63, 3.8) is 0 Å². The van der Waals surface area contributed by atoms with Gasteiger partial charge in [0, 0.05) is 57.3 Å². The molecule has 1 aromatic rings. The zero-order valence-corrected chi connectivity index (χ0v) is 16.1. The lowest BCUT2D eigenvalue weighted by atomic mass is 9.94. The van der Waals surface area contributed by atoms with Gasteiger partial charge in [0.05, 0.1) is 0 Å². The van der Waals surface area contributed by atoms with Crippen LogP contribution in [-0.2, 0) is 9.59 Å². The zero-order valence-electron chi connectivity index (χ0n) is 16.1. The molecule has 0 saturated carbocycles. The molecule has 0 aromatic heterocycles. The molecule has 2 aliphatic rings. The van der Waals surface area contributed by atoms with E-state index in [9.17, 15) is 9.59 Å². The van der Waals surface area contributed by atoms with Crippen LogP contribution in [0, 0.1) is 11.8 Å². The van der Waals surface area contributed by atoms with E-state index in [-0.39, 0.29) is 17.7 Å². The molecule has 0 bridgehead atoms. The van der Waals surface area contributed by atoms with Gasteiger partial charge >= 0.3 is 0 Å². The van der Waals surface area contributed by atoms with Crippen molar-refractivity contribution in [2.75, 3.05) is 44.2 Å². The highest BCUT2D eigenvalue weighted by molar-refractivity contribution is 5.80. The van der Waals surface area contributed by atoms with Crippen LogP contribution in [0.1, 0.15) is 33.1 Å². The van der Waals surface area contributed by atoms with Gasteiger partial charge in [0.25, 0.3) is 0 Å². The van der Waals surface area contributed by atoms with E-state index in [1.54, 1.807) is 0 Å². The van der Waals surface area contributed by atoms with E-state index >= 15 is 0 Å². The predicted molar refractivity (Wildman–Crippen MR) is 104 cm³/mol. The van der Waals surface area contributed by atoms with Gasteiger partial charge in [0.1, 0.15) is 0 Å². The topological polar surface area (TPSA) is 43.9 Å². The summed E-state index contributed by atoms with van der Waals surface area (Å²) in [5, 5.41) is 0. The predicted octanol–water partition coefficient (Wildman–Crippen LogP) is 2.62. The summed E-state index contributed by atoms with van der Waals surface area (Å²) < 4.78 is 0. The first kappa shape index (κ1) is 18.7. The van der Waals surface area contributed by atoms with E-state index in [2.05, 4.69) is 43.0 Å². The largest absolute Gasteiger partial charge is 0.368 e. The third-order valence-corrected chi connectivity index (χ3v) is 5.49. The van der Waals surface area contributed by atoms with E-state index in [1.165, 1.54) is 5.69 Å². The van der Waals surface area contributed by atoms with Gasteiger partial charge in [0.2, 0.25) is 11.8 Å². The molecule has 0 spiro atoms. The average Bonchev–Trinajstić information content (AvgIpc) is 2.68. The Labute approximate surface area is 156 Å². The standard InChI is InChI=1S/C21H31N3O2/c1-17(2)16-20(25)23-10-8-18(9-11-23)21(26)24-14-12-22(13-15-24)19-6-4-3-5-7-19/h3-7,17-18H,8-16H2,1-2H3. The van der Waals surface area contributed by atoms with E-state index < -0.39 is 0 Å². The fraction of sp³-hybridized carbons (Fsp3) is 0.619. The van der Waals surface area contributed by atoms with Gasteiger partial charge in [-0.25, -0.2) is 0 Å². The molecular formula is C21H31N3O2. The zero-order chi connectivity index (χ0) is 18.5. The number of rotatable bonds is 4. The fourth-order valence-electron chi connectivity index (χ4n) is 3.94. The molecule has 3 rings (SSSR count). The lowest BCUT2D eigenvalue weighted by molar-refractivity contribution is -0.141. The number of hydrogen-bond donors (Lipinski definition) is 0. The highest BCUT2D eigenvalue weighted by Crippen LogP contribution is 2.23. The number of piperazine rings is 1. The molecule has 0 atom stereocenters. The Morgan fingerprint density at radius 1 is 0.923 bits per heavy atom. The molecule has 26 heavy (non-hydrogen) atoms. The molecule has 2 saturated heterocycles. The molecular weight excluding hydrogens is 326 g/mol. The van der Waals surface area contributed by atoms with Gasteiger partial charge in [-0.2, -0.15) is 0 Å². The monoisotopic (exact) mass is 357 g/mol. The molecule has 2 aliphatic heterocycles. The van der Waals surface area contributed by atoms with Crippen LogP contribution >= 0.6 is 0 Å². The van der Waals surface area contributed by atoms with Crippen LogP contribution in [0.2, 0.25) is 0 Å². The maximum absolute atomic E-state index is 12.9. The number of para-hydroxylation sites is 1. The Kier molecular flexibility index (Phi) is 6.17. The quantitative estimate of drug-likeness (QED) is 0.832. The first-order chi connectivity index (χ1) is 12.5. The number of nitrogens with zero attached hydrogens (tertiary/aromatic N) is 3. The van der Waals surface area contributed by atoms with Crippen molar-refractivity contribution < 1.29 is 9.59 Å². The second kappa shape index (κ2) is 8.56. The van der Waals surface area contributed by atoms with Crippen molar-refractivity contribution in [2.45, 2.75) is 33.1 Å². The van der Waals surface area contributed by atoms with E-state index in [0.717, 1.165) is 52.1 Å². The number of carbonyl (C=O) groups is 2. The van der Waals surface area contributed by atoms with Gasteiger partial charge < -0.3 is 14.7 Å². The molecule has 2 heterocycles. The van der Waals surface area contributed by atoms with E-state index in [1.807, 2.05) is 15.9 Å². The first-order valence-corrected chi connectivity index (χ1v) is 9.91. The Hall–Kier alpha value is -2.04. The summed E-state index contributed by atoms with van der Waals surface area (Å²) >= 11 is 0. The molecule has 0 aliphatic carbocycles. The maximum Gasteiger partial charge on any atom is 0.225 e. The Balaban J connectivity index is 1.45. The molecule has 5 heteroatoms. The SMILES string of the molecule is CC(C)CC(=O)N1CCC(C(=O)N2CCN(c3ccccc3)CC2)CC1. The van der Waals surface area contributed by atoms with Crippen molar-refractivity contribution in [2.24, 2.45) is 11.8 Å². The van der Waals surface area contributed by atoms with Crippen LogP contribution in [0.3, 0.4) is 0 Å². The Bertz CT molecular complexity index is 601. The van der Waals surface area contributed by atoms with Gasteiger partial charge in [0.15, 0.2) is 0 Å². The highest BCUT2D eigenvalue weighted by Gasteiger charge is 2.31. The molecule has 142 valence electrons. The van der Waals surface area contributed by atoms with Crippen molar-refractivity contribution in [3.8, 4) is 0 Å². The normalized spacial score (nSPS) is 19.1.